The van der Waals surface area contributed by atoms with Gasteiger partial charge in [-0.1, -0.05) is 19.3 Å². The van der Waals surface area contributed by atoms with Gasteiger partial charge in [0.2, 0.25) is 0 Å². The van der Waals surface area contributed by atoms with Gasteiger partial charge in [0.15, 0.2) is 0 Å². The van der Waals surface area contributed by atoms with Crippen LogP contribution in [0, 0.1) is 5.92 Å². The fourth-order valence-corrected chi connectivity index (χ4v) is 4.46. The average molecular weight is 252 g/mol. The molecule has 0 aromatic heterocycles. The van der Waals surface area contributed by atoms with Crippen molar-refractivity contribution < 1.29 is 4.74 Å². The summed E-state index contributed by atoms with van der Waals surface area (Å²) in [7, 11) is 0. The van der Waals surface area contributed by atoms with Gasteiger partial charge in [0.05, 0.1) is 6.61 Å². The minimum absolute atomic E-state index is 0.318. The van der Waals surface area contributed by atoms with Crippen LogP contribution in [-0.4, -0.2) is 42.8 Å². The topological polar surface area (TPSA) is 38.5 Å². The van der Waals surface area contributed by atoms with Gasteiger partial charge in [-0.15, -0.1) is 0 Å². The van der Waals surface area contributed by atoms with Crippen molar-refractivity contribution in [3.63, 3.8) is 0 Å². The molecule has 0 spiro atoms. The molecule has 18 heavy (non-hydrogen) atoms. The molecule has 2 heterocycles. The second-order valence-corrected chi connectivity index (χ2v) is 6.51. The minimum atomic E-state index is 0.318. The Balaban J connectivity index is 1.76. The number of nitrogens with zero attached hydrogens (tertiary/aromatic N) is 1. The Morgan fingerprint density at radius 3 is 2.39 bits per heavy atom. The lowest BCUT2D eigenvalue weighted by Gasteiger charge is -2.49. The van der Waals surface area contributed by atoms with Crippen LogP contribution in [0.25, 0.3) is 0 Å². The summed E-state index contributed by atoms with van der Waals surface area (Å²) in [5, 5.41) is 0. The van der Waals surface area contributed by atoms with Crippen LogP contribution in [0.15, 0.2) is 0 Å². The zero-order valence-electron chi connectivity index (χ0n) is 11.6. The second-order valence-electron chi connectivity index (χ2n) is 6.51. The first-order valence-electron chi connectivity index (χ1n) is 7.91. The number of ether oxygens (including phenoxy) is 1. The van der Waals surface area contributed by atoms with Crippen LogP contribution >= 0.6 is 0 Å². The van der Waals surface area contributed by atoms with E-state index in [9.17, 15) is 0 Å². The molecule has 0 radical (unpaired) electrons. The molecule has 0 aromatic rings. The van der Waals surface area contributed by atoms with Crippen molar-refractivity contribution in [2.45, 2.75) is 62.9 Å². The number of hydrogen-bond donors (Lipinski definition) is 1. The van der Waals surface area contributed by atoms with Crippen LogP contribution in [0.2, 0.25) is 0 Å². The van der Waals surface area contributed by atoms with Gasteiger partial charge in [0, 0.05) is 24.1 Å². The first-order chi connectivity index (χ1) is 8.83. The predicted molar refractivity (Wildman–Crippen MR) is 73.5 cm³/mol. The number of likely N-dealkylation sites (tertiary alicyclic amines) is 1. The van der Waals surface area contributed by atoms with E-state index in [2.05, 4.69) is 4.90 Å². The molecule has 2 saturated heterocycles. The van der Waals surface area contributed by atoms with Gasteiger partial charge in [-0.3, -0.25) is 4.90 Å². The molecule has 0 bridgehead atoms. The third-order valence-electron chi connectivity index (χ3n) is 5.55. The molecule has 2 unspecified atom stereocenters. The number of rotatable bonds is 3. The quantitative estimate of drug-likeness (QED) is 0.836. The Kier molecular flexibility index (Phi) is 3.92. The van der Waals surface area contributed by atoms with E-state index in [1.807, 2.05) is 0 Å². The summed E-state index contributed by atoms with van der Waals surface area (Å²) in [6.07, 6.45) is 10.7. The highest BCUT2D eigenvalue weighted by Gasteiger charge is 2.47. The van der Waals surface area contributed by atoms with Gasteiger partial charge >= 0.3 is 0 Å². The van der Waals surface area contributed by atoms with Crippen molar-refractivity contribution >= 4 is 0 Å². The van der Waals surface area contributed by atoms with Gasteiger partial charge in [0.25, 0.3) is 0 Å². The van der Waals surface area contributed by atoms with Gasteiger partial charge in [0.1, 0.15) is 0 Å². The van der Waals surface area contributed by atoms with E-state index >= 15 is 0 Å². The summed E-state index contributed by atoms with van der Waals surface area (Å²) in [5.74, 6) is 0.602. The zero-order chi connectivity index (χ0) is 12.4. The first-order valence-corrected chi connectivity index (χ1v) is 7.91. The average Bonchev–Trinajstić information content (AvgIpc) is 3.11. The molecule has 2 aliphatic heterocycles. The molecular weight excluding hydrogens is 224 g/mol. The smallest absolute Gasteiger partial charge is 0.0510 e. The Labute approximate surface area is 111 Å². The number of hydrogen-bond acceptors (Lipinski definition) is 3. The third kappa shape index (κ3) is 2.21. The Hall–Kier alpha value is -0.120. The highest BCUT2D eigenvalue weighted by atomic mass is 16.5. The molecule has 2 N–H and O–H groups in total. The van der Waals surface area contributed by atoms with Crippen LogP contribution in [0.1, 0.15) is 51.4 Å². The summed E-state index contributed by atoms with van der Waals surface area (Å²) in [6.45, 7) is 4.38. The SMILES string of the molecule is NC(C1CCOC1)C1(N2CCCCC2)CCCC1. The Morgan fingerprint density at radius 2 is 1.78 bits per heavy atom. The maximum absolute atomic E-state index is 6.73. The van der Waals surface area contributed by atoms with Gasteiger partial charge in [-0.05, 0) is 45.2 Å². The first kappa shape index (κ1) is 12.9. The van der Waals surface area contributed by atoms with Crippen LogP contribution in [0.4, 0.5) is 0 Å². The molecule has 0 aromatic carbocycles. The van der Waals surface area contributed by atoms with Crippen molar-refractivity contribution in [2.24, 2.45) is 11.7 Å². The van der Waals surface area contributed by atoms with E-state index in [0.717, 1.165) is 13.2 Å². The maximum Gasteiger partial charge on any atom is 0.0510 e. The fourth-order valence-electron chi connectivity index (χ4n) is 4.46. The van der Waals surface area contributed by atoms with E-state index in [4.69, 9.17) is 10.5 Å². The molecule has 3 aliphatic rings. The largest absolute Gasteiger partial charge is 0.381 e. The van der Waals surface area contributed by atoms with Crippen molar-refractivity contribution in [3.8, 4) is 0 Å². The predicted octanol–water partition coefficient (Wildman–Crippen LogP) is 2.15. The molecule has 0 amide bonds. The number of piperidine rings is 1. The van der Waals surface area contributed by atoms with E-state index in [-0.39, 0.29) is 0 Å². The van der Waals surface area contributed by atoms with Gasteiger partial charge in [-0.2, -0.15) is 0 Å². The molecule has 3 heteroatoms. The van der Waals surface area contributed by atoms with Crippen molar-refractivity contribution in [3.05, 3.63) is 0 Å². The highest BCUT2D eigenvalue weighted by molar-refractivity contribution is 5.05. The molecule has 1 saturated carbocycles. The molecular formula is C15H28N2O. The summed E-state index contributed by atoms with van der Waals surface area (Å²) in [5.41, 5.74) is 7.05. The normalized spacial score (nSPS) is 34.8. The van der Waals surface area contributed by atoms with Crippen LogP contribution in [-0.2, 0) is 4.74 Å². The molecule has 2 atom stereocenters. The standard InChI is InChI=1S/C15H28N2O/c16-14(13-6-11-18-12-13)15(7-2-3-8-15)17-9-4-1-5-10-17/h13-14H,1-12,16H2. The van der Waals surface area contributed by atoms with Crippen LogP contribution < -0.4 is 5.73 Å². The minimum Gasteiger partial charge on any atom is -0.381 e. The second kappa shape index (κ2) is 5.48. The van der Waals surface area contributed by atoms with Crippen molar-refractivity contribution in [2.75, 3.05) is 26.3 Å². The van der Waals surface area contributed by atoms with E-state index < -0.39 is 0 Å². The summed E-state index contributed by atoms with van der Waals surface area (Å²) in [4.78, 5) is 2.76. The molecule has 1 aliphatic carbocycles. The zero-order valence-corrected chi connectivity index (χ0v) is 11.6. The Morgan fingerprint density at radius 1 is 1.06 bits per heavy atom. The van der Waals surface area contributed by atoms with Crippen molar-refractivity contribution in [1.29, 1.82) is 0 Å². The molecule has 3 fully saturated rings. The Bertz CT molecular complexity index is 264. The molecule has 3 nitrogen and oxygen atoms in total. The summed E-state index contributed by atoms with van der Waals surface area (Å²) >= 11 is 0. The number of nitrogens with two attached hydrogens (primary N) is 1. The maximum atomic E-state index is 6.73. The van der Waals surface area contributed by atoms with E-state index in [1.54, 1.807) is 0 Å². The van der Waals surface area contributed by atoms with E-state index in [0.29, 0.717) is 17.5 Å². The molecule has 3 rings (SSSR count). The van der Waals surface area contributed by atoms with E-state index in [1.165, 1.54) is 64.5 Å². The lowest BCUT2D eigenvalue weighted by atomic mass is 9.78. The molecule has 104 valence electrons. The summed E-state index contributed by atoms with van der Waals surface area (Å²) < 4.78 is 5.57. The fraction of sp³-hybridized carbons (Fsp3) is 1.00. The monoisotopic (exact) mass is 252 g/mol. The third-order valence-corrected chi connectivity index (χ3v) is 5.55. The van der Waals surface area contributed by atoms with Gasteiger partial charge in [-0.25, -0.2) is 0 Å². The van der Waals surface area contributed by atoms with Crippen LogP contribution in [0.5, 0.6) is 0 Å². The lowest BCUT2D eigenvalue weighted by molar-refractivity contribution is 0.0281. The lowest BCUT2D eigenvalue weighted by Crippen LogP contribution is -2.62. The summed E-state index contributed by atoms with van der Waals surface area (Å²) in [6, 6.07) is 0.334. The highest BCUT2D eigenvalue weighted by Crippen LogP contribution is 2.42. The van der Waals surface area contributed by atoms with Crippen LogP contribution in [0.3, 0.4) is 0 Å². The van der Waals surface area contributed by atoms with Crippen molar-refractivity contribution in [1.82, 2.24) is 4.90 Å². The van der Waals surface area contributed by atoms with Gasteiger partial charge < -0.3 is 10.5 Å².